The summed E-state index contributed by atoms with van der Waals surface area (Å²) in [5, 5.41) is 7.66. The molecule has 184 valence electrons. The van der Waals surface area contributed by atoms with Gasteiger partial charge in [-0.15, -0.1) is 11.3 Å². The van der Waals surface area contributed by atoms with Crippen LogP contribution in [0, 0.1) is 12.7 Å². The van der Waals surface area contributed by atoms with Gasteiger partial charge in [-0.25, -0.2) is 9.37 Å². The van der Waals surface area contributed by atoms with E-state index in [1.54, 1.807) is 29.9 Å². The summed E-state index contributed by atoms with van der Waals surface area (Å²) in [5.74, 6) is 0.0230. The van der Waals surface area contributed by atoms with Crippen LogP contribution < -0.4 is 0 Å². The fourth-order valence-corrected chi connectivity index (χ4v) is 5.93. The quantitative estimate of drug-likeness (QED) is 0.307. The van der Waals surface area contributed by atoms with Crippen LogP contribution in [0.3, 0.4) is 0 Å². The van der Waals surface area contributed by atoms with Crippen LogP contribution in [-0.4, -0.2) is 53.1 Å². The second kappa shape index (κ2) is 8.82. The average Bonchev–Trinajstić information content (AvgIpc) is 3.70. The number of aromatic amines is 2. The number of aromatic nitrogens is 7. The molecule has 10 heteroatoms. The molecule has 8 nitrogen and oxygen atoms in total. The Hall–Kier alpha value is -4.02. The normalized spacial score (nSPS) is 14.3. The third-order valence-electron chi connectivity index (χ3n) is 6.84. The first-order valence-electron chi connectivity index (χ1n) is 12.2. The van der Waals surface area contributed by atoms with Crippen molar-refractivity contribution in [1.82, 2.24) is 40.0 Å². The maximum Gasteiger partial charge on any atom is 0.161 e. The number of thiophene rings is 1. The second-order valence-electron chi connectivity index (χ2n) is 9.43. The number of likely N-dealkylation sites (tertiary alicyclic amines) is 1. The number of hydrogen-bond donors (Lipinski definition) is 2. The van der Waals surface area contributed by atoms with Gasteiger partial charge in [0.05, 0.1) is 28.8 Å². The Morgan fingerprint density at radius 1 is 1.00 bits per heavy atom. The number of nitrogens with one attached hydrogen (secondary N) is 2. The monoisotopic (exact) mass is 510 g/mol. The van der Waals surface area contributed by atoms with Gasteiger partial charge in [0.2, 0.25) is 0 Å². The molecule has 37 heavy (non-hydrogen) atoms. The number of aryl methyl sites for hydroxylation is 1. The van der Waals surface area contributed by atoms with Crippen molar-refractivity contribution in [3.05, 3.63) is 65.4 Å². The Labute approximate surface area is 215 Å². The summed E-state index contributed by atoms with van der Waals surface area (Å²) in [4.78, 5) is 26.0. The number of rotatable bonds is 5. The minimum absolute atomic E-state index is 0.249. The van der Waals surface area contributed by atoms with Gasteiger partial charge in [0.25, 0.3) is 0 Å². The van der Waals surface area contributed by atoms with Crippen molar-refractivity contribution < 1.29 is 4.39 Å². The lowest BCUT2D eigenvalue weighted by molar-refractivity contribution is 0.331. The Kier molecular flexibility index (Phi) is 5.29. The molecule has 7 heterocycles. The van der Waals surface area contributed by atoms with Crippen molar-refractivity contribution in [3.8, 4) is 33.2 Å². The van der Waals surface area contributed by atoms with Crippen LogP contribution in [0.4, 0.5) is 4.39 Å². The number of pyridine rings is 3. The van der Waals surface area contributed by atoms with E-state index < -0.39 is 5.82 Å². The SMILES string of the molecule is Cc1ccc(-c2cncc3[nH]c(-c4n[nH]c5cnc(-c6cncc(CN7CCCC7)c6)c(F)c45)nc23)s1. The zero-order chi connectivity index (χ0) is 24.9. The van der Waals surface area contributed by atoms with E-state index >= 15 is 4.39 Å². The van der Waals surface area contributed by atoms with Crippen LogP contribution in [0.25, 0.3) is 55.2 Å². The first-order valence-corrected chi connectivity index (χ1v) is 13.1. The molecule has 1 fully saturated rings. The molecular weight excluding hydrogens is 487 g/mol. The molecule has 0 amide bonds. The Balaban J connectivity index is 1.31. The van der Waals surface area contributed by atoms with E-state index in [1.807, 2.05) is 18.5 Å². The van der Waals surface area contributed by atoms with Gasteiger partial charge in [-0.3, -0.25) is 25.0 Å². The summed E-state index contributed by atoms with van der Waals surface area (Å²) in [5.41, 5.74) is 5.33. The van der Waals surface area contributed by atoms with Gasteiger partial charge in [0, 0.05) is 46.0 Å². The van der Waals surface area contributed by atoms with Crippen LogP contribution >= 0.6 is 11.3 Å². The molecule has 0 bridgehead atoms. The van der Waals surface area contributed by atoms with Gasteiger partial charge in [-0.2, -0.15) is 5.10 Å². The summed E-state index contributed by atoms with van der Waals surface area (Å²) in [6, 6.07) is 6.12. The predicted molar refractivity (Wildman–Crippen MR) is 143 cm³/mol. The second-order valence-corrected chi connectivity index (χ2v) is 10.7. The molecule has 1 saturated heterocycles. The van der Waals surface area contributed by atoms with Crippen molar-refractivity contribution in [1.29, 1.82) is 0 Å². The zero-order valence-electron chi connectivity index (χ0n) is 20.1. The molecule has 6 aromatic rings. The molecule has 0 unspecified atom stereocenters. The highest BCUT2D eigenvalue weighted by Gasteiger charge is 2.22. The number of H-pyrrole nitrogens is 2. The van der Waals surface area contributed by atoms with Gasteiger partial charge < -0.3 is 4.98 Å². The van der Waals surface area contributed by atoms with E-state index in [9.17, 15) is 0 Å². The molecule has 0 atom stereocenters. The van der Waals surface area contributed by atoms with E-state index in [1.165, 1.54) is 17.7 Å². The Morgan fingerprint density at radius 3 is 2.70 bits per heavy atom. The lowest BCUT2D eigenvalue weighted by Gasteiger charge is -2.14. The van der Waals surface area contributed by atoms with E-state index in [-0.39, 0.29) is 5.69 Å². The average molecular weight is 511 g/mol. The predicted octanol–water partition coefficient (Wildman–Crippen LogP) is 5.73. The van der Waals surface area contributed by atoms with Crippen molar-refractivity contribution in [2.24, 2.45) is 0 Å². The molecule has 0 aliphatic carbocycles. The molecule has 2 N–H and O–H groups in total. The standard InChI is InChI=1S/C27H23FN8S/c1-15-4-5-21(37-15)18-11-30-12-20-25(18)33-27(32-20)26-22-19(34-35-26)13-31-24(23(22)28)17-8-16(9-29-10-17)14-36-6-2-3-7-36/h4-5,8-13H,2-3,6-7,14H2,1H3,(H,32,33)(H,34,35). The molecule has 0 aromatic carbocycles. The maximum atomic E-state index is 16.1. The fourth-order valence-electron chi connectivity index (χ4n) is 5.06. The van der Waals surface area contributed by atoms with Crippen LogP contribution in [-0.2, 0) is 6.54 Å². The topological polar surface area (TPSA) is 99.3 Å². The molecule has 0 saturated carbocycles. The molecule has 6 aromatic heterocycles. The highest BCUT2D eigenvalue weighted by Crippen LogP contribution is 2.36. The maximum absolute atomic E-state index is 16.1. The third kappa shape index (κ3) is 3.89. The van der Waals surface area contributed by atoms with E-state index in [2.05, 4.69) is 54.1 Å². The Bertz CT molecular complexity index is 1760. The molecule has 0 radical (unpaired) electrons. The number of imidazole rings is 1. The van der Waals surface area contributed by atoms with Crippen molar-refractivity contribution >= 4 is 33.3 Å². The lowest BCUT2D eigenvalue weighted by Crippen LogP contribution is -2.18. The van der Waals surface area contributed by atoms with Crippen LogP contribution in [0.5, 0.6) is 0 Å². The van der Waals surface area contributed by atoms with Crippen molar-refractivity contribution in [3.63, 3.8) is 0 Å². The number of hydrogen-bond acceptors (Lipinski definition) is 7. The highest BCUT2D eigenvalue weighted by molar-refractivity contribution is 7.15. The minimum atomic E-state index is -0.450. The molecule has 1 aliphatic heterocycles. The molecule has 7 rings (SSSR count). The fraction of sp³-hybridized carbons (Fsp3) is 0.222. The zero-order valence-corrected chi connectivity index (χ0v) is 20.9. The van der Waals surface area contributed by atoms with Gasteiger partial charge in [-0.1, -0.05) is 0 Å². The van der Waals surface area contributed by atoms with Crippen molar-refractivity contribution in [2.45, 2.75) is 26.3 Å². The van der Waals surface area contributed by atoms with Crippen molar-refractivity contribution in [2.75, 3.05) is 13.1 Å². The summed E-state index contributed by atoms with van der Waals surface area (Å²) < 4.78 is 16.1. The van der Waals surface area contributed by atoms with Gasteiger partial charge in [-0.05, 0) is 56.6 Å². The first kappa shape index (κ1) is 22.2. The van der Waals surface area contributed by atoms with E-state index in [0.717, 1.165) is 46.7 Å². The van der Waals surface area contributed by atoms with Gasteiger partial charge >= 0.3 is 0 Å². The summed E-state index contributed by atoms with van der Waals surface area (Å²) in [6.45, 7) is 5.05. The summed E-state index contributed by atoms with van der Waals surface area (Å²) in [6.07, 6.45) is 11.1. The van der Waals surface area contributed by atoms with Crippen LogP contribution in [0.1, 0.15) is 23.3 Å². The van der Waals surface area contributed by atoms with Crippen LogP contribution in [0.2, 0.25) is 0 Å². The van der Waals surface area contributed by atoms with Gasteiger partial charge in [0.15, 0.2) is 11.6 Å². The summed E-state index contributed by atoms with van der Waals surface area (Å²) in [7, 11) is 0. The molecule has 1 aliphatic rings. The number of halogens is 1. The number of fused-ring (bicyclic) bond motifs is 2. The summed E-state index contributed by atoms with van der Waals surface area (Å²) >= 11 is 1.68. The molecular formula is C27H23FN8S. The van der Waals surface area contributed by atoms with E-state index in [0.29, 0.717) is 28.0 Å². The third-order valence-corrected chi connectivity index (χ3v) is 7.88. The largest absolute Gasteiger partial charge is 0.335 e. The Morgan fingerprint density at radius 2 is 1.86 bits per heavy atom. The van der Waals surface area contributed by atoms with Crippen LogP contribution in [0.15, 0.2) is 49.2 Å². The van der Waals surface area contributed by atoms with Gasteiger partial charge in [0.1, 0.15) is 16.9 Å². The minimum Gasteiger partial charge on any atom is -0.335 e. The lowest BCUT2D eigenvalue weighted by atomic mass is 10.1. The smallest absolute Gasteiger partial charge is 0.161 e. The first-order chi connectivity index (χ1) is 18.1. The van der Waals surface area contributed by atoms with E-state index in [4.69, 9.17) is 4.98 Å². The number of nitrogens with zero attached hydrogens (tertiary/aromatic N) is 6. The molecule has 0 spiro atoms. The highest BCUT2D eigenvalue weighted by atomic mass is 32.1.